The molecule has 0 radical (unpaired) electrons. The minimum atomic E-state index is -0.135. The molecule has 0 heterocycles. The molecule has 0 aliphatic heterocycles. The first-order valence-corrected chi connectivity index (χ1v) is 8.14. The number of ether oxygens (including phenoxy) is 2. The molecule has 0 fully saturated rings. The number of hydrogen-bond acceptors (Lipinski definition) is 3. The second-order valence-electron chi connectivity index (χ2n) is 5.29. The largest absolute Gasteiger partial charge is 0.496 e. The van der Waals surface area contributed by atoms with Gasteiger partial charge in [-0.15, -0.1) is 0 Å². The highest BCUT2D eigenvalue weighted by atomic mass is 35.5. The van der Waals surface area contributed by atoms with E-state index in [4.69, 9.17) is 32.7 Å². The molecule has 0 saturated heterocycles. The van der Waals surface area contributed by atoms with Crippen molar-refractivity contribution in [2.75, 3.05) is 20.8 Å². The van der Waals surface area contributed by atoms with E-state index < -0.39 is 0 Å². The van der Waals surface area contributed by atoms with Gasteiger partial charge < -0.3 is 14.4 Å². The third-order valence-electron chi connectivity index (χ3n) is 3.52. The molecule has 0 aromatic heterocycles. The molecule has 24 heavy (non-hydrogen) atoms. The van der Waals surface area contributed by atoms with Crippen LogP contribution in [0.5, 0.6) is 5.75 Å². The number of methoxy groups -OCH3 is 1. The van der Waals surface area contributed by atoms with Crippen LogP contribution < -0.4 is 4.74 Å². The normalized spacial score (nSPS) is 10.5. The van der Waals surface area contributed by atoms with Crippen molar-refractivity contribution >= 4 is 29.1 Å². The average Bonchev–Trinajstić information content (AvgIpc) is 2.56. The van der Waals surface area contributed by atoms with Crippen LogP contribution in [0.1, 0.15) is 11.1 Å². The maximum Gasteiger partial charge on any atom is 0.248 e. The standard InChI is InChI=1S/C18H19Cl2NO3/c1-21(10-14-9-15(19)7-8-17(14)23-2)18(22)12-24-11-13-5-3-4-6-16(13)20/h3-9H,10-12H2,1-2H3. The van der Waals surface area contributed by atoms with Crippen LogP contribution in [0.2, 0.25) is 10.0 Å². The van der Waals surface area contributed by atoms with Crippen molar-refractivity contribution in [2.45, 2.75) is 13.2 Å². The van der Waals surface area contributed by atoms with E-state index in [1.807, 2.05) is 18.2 Å². The summed E-state index contributed by atoms with van der Waals surface area (Å²) in [5.41, 5.74) is 1.69. The number of carbonyl (C=O) groups excluding carboxylic acids is 1. The molecule has 4 nitrogen and oxygen atoms in total. The van der Waals surface area contributed by atoms with E-state index in [1.165, 1.54) is 0 Å². The monoisotopic (exact) mass is 367 g/mol. The summed E-state index contributed by atoms with van der Waals surface area (Å²) in [6.45, 7) is 0.655. The number of likely N-dealkylation sites (N-methyl/N-ethyl adjacent to an activating group) is 1. The third-order valence-corrected chi connectivity index (χ3v) is 4.12. The second-order valence-corrected chi connectivity index (χ2v) is 6.13. The molecule has 0 saturated carbocycles. The van der Waals surface area contributed by atoms with Gasteiger partial charge in [-0.2, -0.15) is 0 Å². The summed E-state index contributed by atoms with van der Waals surface area (Å²) in [7, 11) is 3.29. The zero-order valence-electron chi connectivity index (χ0n) is 13.6. The summed E-state index contributed by atoms with van der Waals surface area (Å²) in [6.07, 6.45) is 0. The van der Waals surface area contributed by atoms with E-state index in [2.05, 4.69) is 0 Å². The molecule has 2 aromatic carbocycles. The van der Waals surface area contributed by atoms with Gasteiger partial charge in [-0.05, 0) is 29.8 Å². The Hall–Kier alpha value is -1.75. The molecular formula is C18H19Cl2NO3. The molecule has 128 valence electrons. The molecule has 0 atom stereocenters. The van der Waals surface area contributed by atoms with Crippen molar-refractivity contribution in [3.05, 3.63) is 63.6 Å². The fourth-order valence-electron chi connectivity index (χ4n) is 2.19. The summed E-state index contributed by atoms with van der Waals surface area (Å²) in [5, 5.41) is 1.23. The smallest absolute Gasteiger partial charge is 0.248 e. The van der Waals surface area contributed by atoms with Gasteiger partial charge in [0.1, 0.15) is 12.4 Å². The zero-order valence-corrected chi connectivity index (χ0v) is 15.1. The maximum atomic E-state index is 12.2. The molecule has 2 aromatic rings. The molecule has 0 unspecified atom stereocenters. The highest BCUT2D eigenvalue weighted by molar-refractivity contribution is 6.31. The first-order valence-electron chi connectivity index (χ1n) is 7.38. The van der Waals surface area contributed by atoms with Crippen molar-refractivity contribution in [3.8, 4) is 5.75 Å². The van der Waals surface area contributed by atoms with Crippen LogP contribution >= 0.6 is 23.2 Å². The van der Waals surface area contributed by atoms with Crippen molar-refractivity contribution < 1.29 is 14.3 Å². The summed E-state index contributed by atoms with van der Waals surface area (Å²) in [6, 6.07) is 12.7. The highest BCUT2D eigenvalue weighted by Crippen LogP contribution is 2.23. The van der Waals surface area contributed by atoms with Crippen molar-refractivity contribution in [2.24, 2.45) is 0 Å². The zero-order chi connectivity index (χ0) is 17.5. The Balaban J connectivity index is 1.88. The fraction of sp³-hybridized carbons (Fsp3) is 0.278. The molecule has 0 bridgehead atoms. The Bertz CT molecular complexity index is 706. The van der Waals surface area contributed by atoms with Gasteiger partial charge in [-0.3, -0.25) is 4.79 Å². The van der Waals surface area contributed by atoms with E-state index in [9.17, 15) is 4.79 Å². The molecule has 6 heteroatoms. The van der Waals surface area contributed by atoms with Crippen molar-refractivity contribution in [3.63, 3.8) is 0 Å². The van der Waals surface area contributed by atoms with Crippen LogP contribution in [0.15, 0.2) is 42.5 Å². The number of benzene rings is 2. The molecule has 2 rings (SSSR count). The molecule has 1 amide bonds. The minimum absolute atomic E-state index is 0.0232. The summed E-state index contributed by atoms with van der Waals surface area (Å²) >= 11 is 12.1. The first-order chi connectivity index (χ1) is 11.5. The lowest BCUT2D eigenvalue weighted by molar-refractivity contribution is -0.135. The Morgan fingerprint density at radius 2 is 1.88 bits per heavy atom. The highest BCUT2D eigenvalue weighted by Gasteiger charge is 2.13. The predicted molar refractivity (Wildman–Crippen MR) is 95.6 cm³/mol. The van der Waals surface area contributed by atoms with Gasteiger partial charge in [-0.1, -0.05) is 41.4 Å². The number of halogens is 2. The van der Waals surface area contributed by atoms with Gasteiger partial charge >= 0.3 is 0 Å². The van der Waals surface area contributed by atoms with Crippen LogP contribution in [0, 0.1) is 0 Å². The summed E-state index contributed by atoms with van der Waals surface area (Å²) in [4.78, 5) is 13.8. The Morgan fingerprint density at radius 3 is 2.58 bits per heavy atom. The molecule has 0 aliphatic rings. The van der Waals surface area contributed by atoms with Crippen molar-refractivity contribution in [1.29, 1.82) is 0 Å². The SMILES string of the molecule is COc1ccc(Cl)cc1CN(C)C(=O)COCc1ccccc1Cl. The quantitative estimate of drug-likeness (QED) is 0.736. The van der Waals surface area contributed by atoms with Crippen LogP contribution in [0.25, 0.3) is 0 Å². The summed E-state index contributed by atoms with van der Waals surface area (Å²) < 4.78 is 10.8. The van der Waals surface area contributed by atoms with Crippen LogP contribution in [-0.2, 0) is 22.7 Å². The van der Waals surface area contributed by atoms with E-state index in [-0.39, 0.29) is 12.5 Å². The van der Waals surface area contributed by atoms with Gasteiger partial charge in [0.15, 0.2) is 0 Å². The summed E-state index contributed by atoms with van der Waals surface area (Å²) in [5.74, 6) is 0.556. The first kappa shape index (κ1) is 18.6. The minimum Gasteiger partial charge on any atom is -0.496 e. The Morgan fingerprint density at radius 1 is 1.12 bits per heavy atom. The van der Waals surface area contributed by atoms with Crippen LogP contribution in [0.4, 0.5) is 0 Å². The van der Waals surface area contributed by atoms with E-state index >= 15 is 0 Å². The molecule has 0 spiro atoms. The number of nitrogens with zero attached hydrogens (tertiary/aromatic N) is 1. The van der Waals surface area contributed by atoms with Gasteiger partial charge in [0.05, 0.1) is 13.7 Å². The number of hydrogen-bond donors (Lipinski definition) is 0. The Kier molecular flexibility index (Phi) is 6.91. The van der Waals surface area contributed by atoms with E-state index in [0.29, 0.717) is 28.9 Å². The second kappa shape index (κ2) is 8.92. The lowest BCUT2D eigenvalue weighted by atomic mass is 10.2. The predicted octanol–water partition coefficient (Wildman–Crippen LogP) is 4.18. The van der Waals surface area contributed by atoms with Crippen molar-refractivity contribution in [1.82, 2.24) is 4.90 Å². The van der Waals surface area contributed by atoms with Crippen LogP contribution in [0.3, 0.4) is 0 Å². The number of rotatable bonds is 7. The third kappa shape index (κ3) is 5.13. The van der Waals surface area contributed by atoms with Gasteiger partial charge in [0, 0.05) is 29.2 Å². The number of amides is 1. The lowest BCUT2D eigenvalue weighted by Crippen LogP contribution is -2.30. The van der Waals surface area contributed by atoms with Gasteiger partial charge in [-0.25, -0.2) is 0 Å². The molecule has 0 N–H and O–H groups in total. The Labute approximate surface area is 151 Å². The average molecular weight is 368 g/mol. The van der Waals surface area contributed by atoms with Gasteiger partial charge in [0.2, 0.25) is 5.91 Å². The van der Waals surface area contributed by atoms with Crippen LogP contribution in [-0.4, -0.2) is 31.6 Å². The topological polar surface area (TPSA) is 38.8 Å². The molecular weight excluding hydrogens is 349 g/mol. The van der Waals surface area contributed by atoms with Gasteiger partial charge in [0.25, 0.3) is 0 Å². The fourth-order valence-corrected chi connectivity index (χ4v) is 2.57. The van der Waals surface area contributed by atoms with E-state index in [0.717, 1.165) is 11.1 Å². The van der Waals surface area contributed by atoms with E-state index in [1.54, 1.807) is 43.3 Å². The number of carbonyl (C=O) groups is 1. The molecule has 0 aliphatic carbocycles. The lowest BCUT2D eigenvalue weighted by Gasteiger charge is -2.19. The maximum absolute atomic E-state index is 12.2.